The van der Waals surface area contributed by atoms with Gasteiger partial charge in [-0.05, 0) is 51.5 Å². The molecule has 4 rings (SSSR count). The van der Waals surface area contributed by atoms with Gasteiger partial charge in [0.2, 0.25) is 5.89 Å². The maximum absolute atomic E-state index is 13.4. The van der Waals surface area contributed by atoms with Gasteiger partial charge < -0.3 is 24.7 Å². The van der Waals surface area contributed by atoms with Crippen LogP contribution in [0, 0.1) is 13.8 Å². The number of nitrogens with zero attached hydrogens (tertiary/aromatic N) is 3. The molecule has 0 fully saturated rings. The summed E-state index contributed by atoms with van der Waals surface area (Å²) in [4.78, 5) is 21.1. The van der Waals surface area contributed by atoms with Gasteiger partial charge in [-0.25, -0.2) is 9.97 Å². The lowest BCUT2D eigenvalue weighted by Crippen LogP contribution is -2.25. The van der Waals surface area contributed by atoms with Crippen molar-refractivity contribution in [2.45, 2.75) is 59.5 Å². The van der Waals surface area contributed by atoms with Gasteiger partial charge in [0.25, 0.3) is 5.91 Å². The fourth-order valence-corrected chi connectivity index (χ4v) is 3.72. The van der Waals surface area contributed by atoms with E-state index in [-0.39, 0.29) is 47.8 Å². The first-order valence-corrected chi connectivity index (χ1v) is 11.6. The highest BCUT2D eigenvalue weighted by Crippen LogP contribution is 2.37. The molecule has 12 heteroatoms. The number of aromatic nitrogens is 3. The van der Waals surface area contributed by atoms with Crippen molar-refractivity contribution in [3.63, 3.8) is 0 Å². The number of fused-ring (bicyclic) bond motifs is 1. The van der Waals surface area contributed by atoms with Gasteiger partial charge in [0.05, 0.1) is 18.3 Å². The van der Waals surface area contributed by atoms with E-state index in [9.17, 15) is 18.0 Å². The monoisotopic (exact) mass is 517 g/mol. The molecule has 0 bridgehead atoms. The van der Waals surface area contributed by atoms with Gasteiger partial charge in [-0.1, -0.05) is 12.1 Å². The number of nitrogens with two attached hydrogens (primary N) is 1. The molecule has 1 atom stereocenters. The minimum absolute atomic E-state index is 0.00420. The summed E-state index contributed by atoms with van der Waals surface area (Å²) in [6.45, 7) is 7.23. The molecule has 0 aliphatic carbocycles. The number of halogens is 3. The maximum atomic E-state index is 13.4. The Balaban J connectivity index is 1.74. The van der Waals surface area contributed by atoms with Gasteiger partial charge in [-0.3, -0.25) is 4.79 Å². The van der Waals surface area contributed by atoms with Crippen LogP contribution in [0.3, 0.4) is 0 Å². The van der Waals surface area contributed by atoms with Crippen LogP contribution in [0.25, 0.3) is 22.4 Å². The second-order valence-electron chi connectivity index (χ2n) is 8.52. The van der Waals surface area contributed by atoms with Crippen molar-refractivity contribution >= 4 is 16.8 Å². The summed E-state index contributed by atoms with van der Waals surface area (Å²) >= 11 is 0. The zero-order chi connectivity index (χ0) is 26.9. The van der Waals surface area contributed by atoms with E-state index >= 15 is 0 Å². The van der Waals surface area contributed by atoms with Crippen molar-refractivity contribution in [1.29, 1.82) is 0 Å². The third-order valence-electron chi connectivity index (χ3n) is 5.95. The molecule has 4 aromatic rings. The van der Waals surface area contributed by atoms with E-state index in [1.54, 1.807) is 19.9 Å². The Morgan fingerprint density at radius 3 is 2.57 bits per heavy atom. The average molecular weight is 518 g/mol. The van der Waals surface area contributed by atoms with Gasteiger partial charge >= 0.3 is 6.18 Å². The second kappa shape index (κ2) is 10.2. The van der Waals surface area contributed by atoms with Crippen molar-refractivity contribution < 1.29 is 31.6 Å². The number of carbonyl (C=O) groups is 1. The lowest BCUT2D eigenvalue weighted by Gasteiger charge is -2.16. The number of hydrogen-bond acceptors (Lipinski definition) is 8. The molecule has 3 aromatic heterocycles. The van der Waals surface area contributed by atoms with E-state index in [2.05, 4.69) is 20.4 Å². The van der Waals surface area contributed by atoms with Gasteiger partial charge in [-0.2, -0.15) is 13.2 Å². The van der Waals surface area contributed by atoms with Gasteiger partial charge in [-0.15, -0.1) is 0 Å². The SMILES string of the molecule is CCC(C)Oc1ccc(-c2nc(C(=O)NCc3c(C)noc3C)c(CN)o2)c2ccc(C(F)(F)F)nc12. The molecular weight excluding hydrogens is 491 g/mol. The standard InChI is InChI=1S/C25H26F3N5O4/c1-5-12(2)35-18-8-6-16(15-7-9-20(25(26,27)28)31-21(15)18)24-32-22(19(10-29)36-24)23(34)30-11-17-13(3)33-37-14(17)4/h6-9,12H,5,10-11,29H2,1-4H3,(H,30,34). The van der Waals surface area contributed by atoms with E-state index in [0.717, 1.165) is 11.6 Å². The van der Waals surface area contributed by atoms with Crippen LogP contribution in [0.2, 0.25) is 0 Å². The Kier molecular flexibility index (Phi) is 7.21. The van der Waals surface area contributed by atoms with Crippen LogP contribution in [-0.2, 0) is 19.3 Å². The van der Waals surface area contributed by atoms with Gasteiger partial charge in [0, 0.05) is 23.1 Å². The van der Waals surface area contributed by atoms with Crippen LogP contribution < -0.4 is 15.8 Å². The van der Waals surface area contributed by atoms with E-state index in [1.165, 1.54) is 12.1 Å². The highest BCUT2D eigenvalue weighted by atomic mass is 19.4. The number of nitrogens with one attached hydrogen (secondary N) is 1. The molecule has 0 saturated carbocycles. The Bertz CT molecular complexity index is 1420. The lowest BCUT2D eigenvalue weighted by molar-refractivity contribution is -0.140. The molecule has 3 N–H and O–H groups in total. The molecule has 9 nitrogen and oxygen atoms in total. The van der Waals surface area contributed by atoms with Crippen LogP contribution in [0.5, 0.6) is 5.75 Å². The summed E-state index contributed by atoms with van der Waals surface area (Å²) < 4.78 is 57.0. The summed E-state index contributed by atoms with van der Waals surface area (Å²) in [6, 6.07) is 5.28. The van der Waals surface area contributed by atoms with E-state index in [1.807, 2.05) is 13.8 Å². The van der Waals surface area contributed by atoms with Crippen molar-refractivity contribution in [2.24, 2.45) is 5.73 Å². The van der Waals surface area contributed by atoms with Crippen molar-refractivity contribution in [3.05, 3.63) is 58.4 Å². The van der Waals surface area contributed by atoms with E-state index < -0.39 is 17.8 Å². The van der Waals surface area contributed by atoms with Crippen LogP contribution in [0.15, 0.2) is 33.2 Å². The molecule has 0 aliphatic rings. The third kappa shape index (κ3) is 5.29. The Hall–Kier alpha value is -3.93. The molecule has 0 aliphatic heterocycles. The second-order valence-corrected chi connectivity index (χ2v) is 8.52. The first-order chi connectivity index (χ1) is 17.5. The van der Waals surface area contributed by atoms with E-state index in [4.69, 9.17) is 19.4 Å². The minimum Gasteiger partial charge on any atom is -0.488 e. The number of ether oxygens (including phenoxy) is 1. The van der Waals surface area contributed by atoms with Crippen molar-refractivity contribution in [1.82, 2.24) is 20.4 Å². The van der Waals surface area contributed by atoms with Crippen LogP contribution in [0.1, 0.15) is 59.2 Å². The molecule has 3 heterocycles. The zero-order valence-electron chi connectivity index (χ0n) is 20.7. The topological polar surface area (TPSA) is 129 Å². The molecule has 1 aromatic carbocycles. The fraction of sp³-hybridized carbons (Fsp3) is 0.360. The van der Waals surface area contributed by atoms with Crippen LogP contribution in [0.4, 0.5) is 13.2 Å². The third-order valence-corrected chi connectivity index (χ3v) is 5.95. The number of rotatable bonds is 8. The number of benzene rings is 1. The fourth-order valence-electron chi connectivity index (χ4n) is 3.72. The summed E-state index contributed by atoms with van der Waals surface area (Å²) in [6.07, 6.45) is -4.24. The molecule has 196 valence electrons. The van der Waals surface area contributed by atoms with Gasteiger partial charge in [0.1, 0.15) is 22.7 Å². The first kappa shape index (κ1) is 26.1. The normalized spacial score (nSPS) is 12.6. The summed E-state index contributed by atoms with van der Waals surface area (Å²) in [5, 5.41) is 6.93. The molecule has 0 radical (unpaired) electrons. The molecule has 0 saturated heterocycles. The summed E-state index contributed by atoms with van der Waals surface area (Å²) in [5.74, 6) is 0.384. The Labute approximate surface area is 210 Å². The first-order valence-electron chi connectivity index (χ1n) is 11.6. The summed E-state index contributed by atoms with van der Waals surface area (Å²) in [5.41, 5.74) is 6.44. The van der Waals surface area contributed by atoms with Crippen LogP contribution in [-0.4, -0.2) is 27.1 Å². The number of pyridine rings is 1. The zero-order valence-corrected chi connectivity index (χ0v) is 20.7. The minimum atomic E-state index is -4.64. The maximum Gasteiger partial charge on any atom is 0.433 e. The molecular formula is C25H26F3N5O4. The summed E-state index contributed by atoms with van der Waals surface area (Å²) in [7, 11) is 0. The highest BCUT2D eigenvalue weighted by molar-refractivity contribution is 5.98. The molecule has 1 unspecified atom stereocenters. The predicted octanol–water partition coefficient (Wildman–Crippen LogP) is 5.08. The lowest BCUT2D eigenvalue weighted by atomic mass is 10.1. The average Bonchev–Trinajstić information content (AvgIpc) is 3.44. The molecule has 0 spiro atoms. The number of amides is 1. The van der Waals surface area contributed by atoms with Crippen molar-refractivity contribution in [2.75, 3.05) is 0 Å². The Morgan fingerprint density at radius 1 is 1.19 bits per heavy atom. The van der Waals surface area contributed by atoms with Crippen LogP contribution >= 0.6 is 0 Å². The molecule has 1 amide bonds. The van der Waals surface area contributed by atoms with Crippen molar-refractivity contribution in [3.8, 4) is 17.2 Å². The molecule has 37 heavy (non-hydrogen) atoms. The Morgan fingerprint density at radius 2 is 1.95 bits per heavy atom. The number of alkyl halides is 3. The number of aryl methyl sites for hydroxylation is 2. The number of carbonyl (C=O) groups excluding carboxylic acids is 1. The predicted molar refractivity (Wildman–Crippen MR) is 128 cm³/mol. The quantitative estimate of drug-likeness (QED) is 0.331. The van der Waals surface area contributed by atoms with E-state index in [0.29, 0.717) is 28.8 Å². The largest absolute Gasteiger partial charge is 0.488 e. The smallest absolute Gasteiger partial charge is 0.433 e. The number of hydrogen-bond donors (Lipinski definition) is 2. The highest BCUT2D eigenvalue weighted by Gasteiger charge is 2.33. The van der Waals surface area contributed by atoms with Gasteiger partial charge in [0.15, 0.2) is 11.5 Å². The number of oxazole rings is 1.